The molecule has 1 heterocycles. The van der Waals surface area contributed by atoms with Crippen LogP contribution in [0.3, 0.4) is 0 Å². The van der Waals surface area contributed by atoms with Crippen LogP contribution >= 0.6 is 0 Å². The van der Waals surface area contributed by atoms with Crippen LogP contribution < -0.4 is 10.5 Å². The fourth-order valence-electron chi connectivity index (χ4n) is 3.72. The van der Waals surface area contributed by atoms with E-state index in [1.54, 1.807) is 36.6 Å². The van der Waals surface area contributed by atoms with Crippen LogP contribution in [-0.4, -0.2) is 11.1 Å². The number of hydrogen-bond acceptors (Lipinski definition) is 4. The van der Waals surface area contributed by atoms with Gasteiger partial charge in [-0.1, -0.05) is 30.3 Å². The maximum absolute atomic E-state index is 15.2. The van der Waals surface area contributed by atoms with Gasteiger partial charge in [0.25, 0.3) is 0 Å². The number of carboxylic acids is 1. The number of carbonyl (C=O) groups is 1. The number of rotatable bonds is 7. The Hall–Kier alpha value is -3.64. The molecular weight excluding hydrogens is 397 g/mol. The summed E-state index contributed by atoms with van der Waals surface area (Å²) in [6.45, 7) is 2.13. The smallest absolute Gasteiger partial charge is 0.307 e. The molecule has 3 N–H and O–H groups in total. The number of aliphatic carboxylic acids is 1. The number of hydrogen-bond donors (Lipinski definition) is 2. The van der Waals surface area contributed by atoms with Gasteiger partial charge in [0.2, 0.25) is 0 Å². The summed E-state index contributed by atoms with van der Waals surface area (Å²) in [5, 5.41) is 9.93. The number of fused-ring (bicyclic) bond motifs is 1. The maximum Gasteiger partial charge on any atom is 0.307 e. The van der Waals surface area contributed by atoms with Crippen molar-refractivity contribution < 1.29 is 23.4 Å². The SMILES string of the molecule is Cc1ccc(-c2cc(COc3ccccc3CC(=O)O)cc3ccoc23)c(F)c1CN. The van der Waals surface area contributed by atoms with Crippen molar-refractivity contribution >= 4 is 16.9 Å². The largest absolute Gasteiger partial charge is 0.489 e. The van der Waals surface area contributed by atoms with E-state index in [0.717, 1.165) is 16.5 Å². The first kappa shape index (κ1) is 20.6. The Bertz CT molecular complexity index is 1260. The molecule has 0 saturated heterocycles. The van der Waals surface area contributed by atoms with Gasteiger partial charge in [0.1, 0.15) is 23.8 Å². The van der Waals surface area contributed by atoms with E-state index in [-0.39, 0.29) is 25.4 Å². The molecule has 0 bridgehead atoms. The second-order valence-electron chi connectivity index (χ2n) is 7.38. The summed E-state index contributed by atoms with van der Waals surface area (Å²) in [5.74, 6) is -0.778. The lowest BCUT2D eigenvalue weighted by Gasteiger charge is -2.14. The van der Waals surface area contributed by atoms with E-state index in [9.17, 15) is 4.79 Å². The maximum atomic E-state index is 15.2. The summed E-state index contributed by atoms with van der Waals surface area (Å²) in [5.41, 5.74) is 10.1. The first-order chi connectivity index (χ1) is 15.0. The molecule has 0 amide bonds. The number of ether oxygens (including phenoxy) is 1. The van der Waals surface area contributed by atoms with Crippen molar-refractivity contribution in [3.8, 4) is 16.9 Å². The molecule has 158 valence electrons. The number of para-hydroxylation sites is 1. The van der Waals surface area contributed by atoms with Crippen LogP contribution in [0.15, 0.2) is 65.3 Å². The van der Waals surface area contributed by atoms with Crippen LogP contribution in [0.1, 0.15) is 22.3 Å². The van der Waals surface area contributed by atoms with Crippen molar-refractivity contribution in [2.45, 2.75) is 26.5 Å². The third kappa shape index (κ3) is 4.15. The van der Waals surface area contributed by atoms with E-state index in [4.69, 9.17) is 20.0 Å². The van der Waals surface area contributed by atoms with E-state index in [0.29, 0.717) is 33.6 Å². The van der Waals surface area contributed by atoms with E-state index in [1.807, 2.05) is 31.2 Å². The van der Waals surface area contributed by atoms with E-state index < -0.39 is 5.97 Å². The van der Waals surface area contributed by atoms with Crippen molar-refractivity contribution in [3.05, 3.63) is 88.9 Å². The van der Waals surface area contributed by atoms with Crippen LogP contribution in [0.25, 0.3) is 22.1 Å². The van der Waals surface area contributed by atoms with E-state index in [1.165, 1.54) is 0 Å². The van der Waals surface area contributed by atoms with Crippen molar-refractivity contribution in [2.24, 2.45) is 5.73 Å². The highest BCUT2D eigenvalue weighted by molar-refractivity contribution is 5.93. The second kappa shape index (κ2) is 8.62. The molecule has 0 atom stereocenters. The van der Waals surface area contributed by atoms with Gasteiger partial charge in [-0.2, -0.15) is 0 Å². The molecule has 0 aliphatic rings. The lowest BCUT2D eigenvalue weighted by Crippen LogP contribution is -2.05. The molecule has 0 radical (unpaired) electrons. The number of furan rings is 1. The number of aryl methyl sites for hydroxylation is 1. The number of carboxylic acid groups (broad SMARTS) is 1. The van der Waals surface area contributed by atoms with Crippen molar-refractivity contribution in [2.75, 3.05) is 0 Å². The summed E-state index contributed by atoms with van der Waals surface area (Å²) < 4.78 is 26.8. The molecule has 0 saturated carbocycles. The lowest BCUT2D eigenvalue weighted by molar-refractivity contribution is -0.136. The fraction of sp³-hybridized carbons (Fsp3) is 0.160. The molecule has 0 aliphatic carbocycles. The van der Waals surface area contributed by atoms with E-state index in [2.05, 4.69) is 0 Å². The second-order valence-corrected chi connectivity index (χ2v) is 7.38. The number of benzene rings is 3. The zero-order valence-electron chi connectivity index (χ0n) is 17.0. The summed E-state index contributed by atoms with van der Waals surface area (Å²) in [6.07, 6.45) is 1.44. The number of nitrogens with two attached hydrogens (primary N) is 1. The van der Waals surface area contributed by atoms with Crippen LogP contribution in [0.4, 0.5) is 4.39 Å². The van der Waals surface area contributed by atoms with Crippen LogP contribution in [0.2, 0.25) is 0 Å². The van der Waals surface area contributed by atoms with Gasteiger partial charge in [-0.05, 0) is 42.3 Å². The van der Waals surface area contributed by atoms with Crippen molar-refractivity contribution in [1.29, 1.82) is 0 Å². The lowest BCUT2D eigenvalue weighted by atomic mass is 9.96. The van der Waals surface area contributed by atoms with Gasteiger partial charge in [-0.3, -0.25) is 4.79 Å². The van der Waals surface area contributed by atoms with Crippen molar-refractivity contribution in [1.82, 2.24) is 0 Å². The van der Waals surface area contributed by atoms with Crippen molar-refractivity contribution in [3.63, 3.8) is 0 Å². The summed E-state index contributed by atoms with van der Waals surface area (Å²) >= 11 is 0. The normalized spacial score (nSPS) is 11.1. The first-order valence-electron chi connectivity index (χ1n) is 9.89. The van der Waals surface area contributed by atoms with Gasteiger partial charge in [-0.15, -0.1) is 0 Å². The molecule has 0 fully saturated rings. The highest BCUT2D eigenvalue weighted by Gasteiger charge is 2.17. The van der Waals surface area contributed by atoms with Gasteiger partial charge in [0.15, 0.2) is 0 Å². The molecule has 5 nitrogen and oxygen atoms in total. The summed E-state index contributed by atoms with van der Waals surface area (Å²) in [4.78, 5) is 11.1. The molecule has 4 rings (SSSR count). The Balaban J connectivity index is 1.72. The monoisotopic (exact) mass is 419 g/mol. The predicted octanol–water partition coefficient (Wildman–Crippen LogP) is 5.21. The van der Waals surface area contributed by atoms with Gasteiger partial charge < -0.3 is 20.0 Å². The molecule has 0 unspecified atom stereocenters. The molecule has 1 aromatic heterocycles. The topological polar surface area (TPSA) is 85.7 Å². The third-order valence-electron chi connectivity index (χ3n) is 5.29. The Kier molecular flexibility index (Phi) is 5.73. The average molecular weight is 419 g/mol. The first-order valence-corrected chi connectivity index (χ1v) is 9.89. The third-order valence-corrected chi connectivity index (χ3v) is 5.29. The Morgan fingerprint density at radius 3 is 2.71 bits per heavy atom. The summed E-state index contributed by atoms with van der Waals surface area (Å²) in [6, 6.07) is 16.2. The Morgan fingerprint density at radius 2 is 1.94 bits per heavy atom. The highest BCUT2D eigenvalue weighted by Crippen LogP contribution is 2.35. The van der Waals surface area contributed by atoms with Crippen LogP contribution in [-0.2, 0) is 24.4 Å². The molecular formula is C25H22FNO4. The Labute approximate surface area is 178 Å². The van der Waals surface area contributed by atoms with Gasteiger partial charge in [-0.25, -0.2) is 4.39 Å². The van der Waals surface area contributed by atoms with Gasteiger partial charge in [0.05, 0.1) is 12.7 Å². The molecule has 0 spiro atoms. The predicted molar refractivity (Wildman–Crippen MR) is 116 cm³/mol. The number of halogens is 1. The molecule has 3 aromatic carbocycles. The van der Waals surface area contributed by atoms with Gasteiger partial charge >= 0.3 is 5.97 Å². The zero-order chi connectivity index (χ0) is 22.0. The minimum absolute atomic E-state index is 0.107. The minimum atomic E-state index is -0.927. The minimum Gasteiger partial charge on any atom is -0.489 e. The molecule has 0 aliphatic heterocycles. The molecule has 6 heteroatoms. The highest BCUT2D eigenvalue weighted by atomic mass is 19.1. The van der Waals surface area contributed by atoms with Gasteiger partial charge in [0, 0.05) is 34.2 Å². The molecule has 31 heavy (non-hydrogen) atoms. The van der Waals surface area contributed by atoms with Crippen LogP contribution in [0, 0.1) is 12.7 Å². The zero-order valence-corrected chi connectivity index (χ0v) is 17.0. The average Bonchev–Trinajstić information content (AvgIpc) is 3.21. The fourth-order valence-corrected chi connectivity index (χ4v) is 3.72. The Morgan fingerprint density at radius 1 is 1.13 bits per heavy atom. The quantitative estimate of drug-likeness (QED) is 0.429. The van der Waals surface area contributed by atoms with E-state index >= 15 is 4.39 Å². The standard InChI is InChI=1S/C25H22FNO4/c1-15-6-7-19(24(26)21(15)13-27)20-11-16(10-18-8-9-30-25(18)20)14-31-22-5-3-2-4-17(22)12-23(28)29/h2-11H,12-14,27H2,1H3,(H,28,29). The summed E-state index contributed by atoms with van der Waals surface area (Å²) in [7, 11) is 0. The van der Waals surface area contributed by atoms with Crippen LogP contribution in [0.5, 0.6) is 5.75 Å². The molecule has 4 aromatic rings.